The number of ether oxygens (including phenoxy) is 2. The number of guanidine groups is 1. The number of anilines is 3. The van der Waals surface area contributed by atoms with Crippen LogP contribution in [0.4, 0.5) is 25.8 Å². The normalized spacial score (nSPS) is 24.1. The van der Waals surface area contributed by atoms with E-state index >= 15 is 8.78 Å². The van der Waals surface area contributed by atoms with Crippen LogP contribution in [-0.2, 0) is 32.7 Å². The highest BCUT2D eigenvalue weighted by Crippen LogP contribution is 2.39. The molecule has 10 rings (SSSR count). The average Bonchev–Trinajstić information content (AvgIpc) is 3.99. The highest BCUT2D eigenvalue weighted by Gasteiger charge is 2.50. The molecule has 3 atom stereocenters. The van der Waals surface area contributed by atoms with E-state index in [2.05, 4.69) is 49.6 Å². The number of benzene rings is 2. The second-order valence-corrected chi connectivity index (χ2v) is 18.4. The molecule has 18 heteroatoms. The van der Waals surface area contributed by atoms with Gasteiger partial charge in [-0.15, -0.1) is 0 Å². The lowest BCUT2D eigenvalue weighted by molar-refractivity contribution is -0.180. The second-order valence-electron chi connectivity index (χ2n) is 18.4. The molecule has 1 spiro atoms. The number of piperazine rings is 1. The first-order chi connectivity index (χ1) is 31.3. The molecule has 8 heterocycles. The summed E-state index contributed by atoms with van der Waals surface area (Å²) in [4.78, 5) is 69.6. The maximum absolute atomic E-state index is 15.4. The van der Waals surface area contributed by atoms with Crippen molar-refractivity contribution in [3.05, 3.63) is 82.7 Å². The zero-order valence-corrected chi connectivity index (χ0v) is 36.7. The van der Waals surface area contributed by atoms with E-state index in [1.54, 1.807) is 23.0 Å². The number of nitrogens with one attached hydrogen (secondary N) is 2. The standard InChI is InChI=1S/C47H52F2N10O6/c1-27-5-4-14-65-45-34(20-50-55(45)3)38-17-31(15-28(2)51-38)42(61)54-46-52-37-8-6-29(16-39(37)59(46)21-27)22-58-13-12-57(24-47(58)25-64-26-47)44(63)30-10-11-56(23-30)32-18-35(48)41(36(49)19-32)33-7-9-40(60)53-43(33)62/h6,8,15-20,27,30,33H,4-5,7,9-14,21-26H2,1-3H3,(H,52,54,61)(H,53,60,62)/t27-,30-,33-/m1/s1. The zero-order chi connectivity index (χ0) is 45.1. The van der Waals surface area contributed by atoms with Crippen molar-refractivity contribution in [2.24, 2.45) is 23.9 Å². The lowest BCUT2D eigenvalue weighted by Gasteiger charge is -2.55. The summed E-state index contributed by atoms with van der Waals surface area (Å²) in [5.41, 5.74) is 4.91. The van der Waals surface area contributed by atoms with Crippen molar-refractivity contribution in [3.8, 4) is 17.1 Å². The van der Waals surface area contributed by atoms with E-state index in [4.69, 9.17) is 14.5 Å². The van der Waals surface area contributed by atoms with Crippen molar-refractivity contribution >= 4 is 46.7 Å². The molecule has 6 aliphatic heterocycles. The quantitative estimate of drug-likeness (QED) is 0.264. The monoisotopic (exact) mass is 890 g/mol. The van der Waals surface area contributed by atoms with E-state index in [9.17, 15) is 19.2 Å². The molecule has 4 saturated heterocycles. The highest BCUT2D eigenvalue weighted by molar-refractivity contribution is 6.19. The predicted molar refractivity (Wildman–Crippen MR) is 237 cm³/mol. The predicted octanol–water partition coefficient (Wildman–Crippen LogP) is 4.77. The molecule has 2 bridgehead atoms. The number of hydrogen-bond donors (Lipinski definition) is 2. The van der Waals surface area contributed by atoms with Gasteiger partial charge in [0.25, 0.3) is 5.91 Å². The van der Waals surface area contributed by atoms with Crippen molar-refractivity contribution in [3.63, 3.8) is 0 Å². The van der Waals surface area contributed by atoms with Crippen LogP contribution in [-0.4, -0.2) is 119 Å². The molecule has 4 fully saturated rings. The molecule has 0 aliphatic carbocycles. The fraction of sp³-hybridized carbons (Fsp3) is 0.468. The summed E-state index contributed by atoms with van der Waals surface area (Å²) in [5.74, 6) is -3.32. The summed E-state index contributed by atoms with van der Waals surface area (Å²) >= 11 is 0. The molecule has 0 unspecified atom stereocenters. The summed E-state index contributed by atoms with van der Waals surface area (Å²) < 4.78 is 44.6. The minimum Gasteiger partial charge on any atom is -0.477 e. The Bertz CT molecular complexity index is 2610. The lowest BCUT2D eigenvalue weighted by Crippen LogP contribution is -2.72. The van der Waals surface area contributed by atoms with Gasteiger partial charge in [0.2, 0.25) is 29.6 Å². The summed E-state index contributed by atoms with van der Waals surface area (Å²) in [6.07, 6.45) is 4.01. The van der Waals surface area contributed by atoms with E-state index in [-0.39, 0.29) is 47.6 Å². The summed E-state index contributed by atoms with van der Waals surface area (Å²) in [7, 11) is 1.83. The van der Waals surface area contributed by atoms with E-state index in [0.717, 1.165) is 35.3 Å². The van der Waals surface area contributed by atoms with Crippen molar-refractivity contribution in [2.45, 2.75) is 64.0 Å². The van der Waals surface area contributed by atoms with Crippen molar-refractivity contribution in [1.82, 2.24) is 29.9 Å². The number of rotatable bonds is 5. The van der Waals surface area contributed by atoms with Crippen LogP contribution >= 0.6 is 0 Å². The number of halogens is 2. The van der Waals surface area contributed by atoms with Gasteiger partial charge in [-0.25, -0.2) is 13.5 Å². The van der Waals surface area contributed by atoms with Crippen LogP contribution in [0.5, 0.6) is 5.88 Å². The Morgan fingerprint density at radius 2 is 1.78 bits per heavy atom. The number of fused-ring (bicyclic) bond motifs is 7. The van der Waals surface area contributed by atoms with Crippen molar-refractivity contribution in [2.75, 3.05) is 74.2 Å². The molecule has 0 saturated carbocycles. The largest absolute Gasteiger partial charge is 0.477 e. The number of nitrogens with zero attached hydrogens (tertiary/aromatic N) is 8. The Morgan fingerprint density at radius 1 is 0.969 bits per heavy atom. The molecular weight excluding hydrogens is 839 g/mol. The van der Waals surface area contributed by atoms with Gasteiger partial charge in [-0.2, -0.15) is 10.1 Å². The van der Waals surface area contributed by atoms with Gasteiger partial charge in [0.15, 0.2) is 0 Å². The zero-order valence-electron chi connectivity index (χ0n) is 36.7. The smallest absolute Gasteiger partial charge is 0.280 e. The Morgan fingerprint density at radius 3 is 2.55 bits per heavy atom. The maximum atomic E-state index is 15.4. The van der Waals surface area contributed by atoms with Crippen LogP contribution in [0.2, 0.25) is 0 Å². The van der Waals surface area contributed by atoms with Crippen LogP contribution in [0.15, 0.2) is 53.7 Å². The Kier molecular flexibility index (Phi) is 11.1. The van der Waals surface area contributed by atoms with Crippen LogP contribution in [0.1, 0.15) is 72.1 Å². The molecule has 65 heavy (non-hydrogen) atoms. The van der Waals surface area contributed by atoms with Gasteiger partial charge in [-0.05, 0) is 80.5 Å². The molecule has 2 N–H and O–H groups in total. The van der Waals surface area contributed by atoms with Gasteiger partial charge in [0.1, 0.15) is 11.6 Å². The van der Waals surface area contributed by atoms with Gasteiger partial charge in [-0.1, -0.05) is 13.0 Å². The highest BCUT2D eigenvalue weighted by atomic mass is 19.1. The number of hydrogen-bond acceptors (Lipinski definition) is 12. The Hall–Kier alpha value is -6.27. The third kappa shape index (κ3) is 8.11. The van der Waals surface area contributed by atoms with E-state index < -0.39 is 29.4 Å². The molecule has 16 nitrogen and oxygen atoms in total. The van der Waals surface area contributed by atoms with Gasteiger partial charge >= 0.3 is 0 Å². The number of amides is 4. The third-order valence-electron chi connectivity index (χ3n) is 13.8. The summed E-state index contributed by atoms with van der Waals surface area (Å²) in [5, 5.41) is 10.0. The topological polar surface area (TPSA) is 167 Å². The first-order valence-corrected chi connectivity index (χ1v) is 22.5. The first-order valence-electron chi connectivity index (χ1n) is 22.5. The average molecular weight is 891 g/mol. The van der Waals surface area contributed by atoms with Crippen LogP contribution in [0.25, 0.3) is 11.3 Å². The van der Waals surface area contributed by atoms with Crippen molar-refractivity contribution in [1.29, 1.82) is 0 Å². The van der Waals surface area contributed by atoms with Crippen LogP contribution in [0, 0.1) is 30.4 Å². The SMILES string of the molecule is Cc1cc2cc(n1)-c1cnn(C)c1OCCC[C@@H](C)CN1/C(=N/C2=O)Nc2ccc(CN3CCN(C(=O)[C@@H]4CCN(c5cc(F)c([C@H]6CCC(=O)NC6=O)c(F)c5)C4)CC34COC4)cc21. The molecule has 0 radical (unpaired) electrons. The molecule has 340 valence electrons. The number of piperidine rings is 1. The minimum absolute atomic E-state index is 0.0146. The molecule has 4 amide bonds. The van der Waals surface area contributed by atoms with E-state index in [1.807, 2.05) is 29.8 Å². The number of carbonyl (C=O) groups excluding carboxylic acids is 4. The van der Waals surface area contributed by atoms with Gasteiger partial charge in [0.05, 0.1) is 66.0 Å². The number of aromatic nitrogens is 3. The molecular formula is C47H52F2N10O6. The fourth-order valence-corrected chi connectivity index (χ4v) is 10.2. The maximum Gasteiger partial charge on any atom is 0.280 e. The van der Waals surface area contributed by atoms with Gasteiger partial charge < -0.3 is 29.5 Å². The molecule has 4 aromatic rings. The molecule has 2 aromatic heterocycles. The molecule has 2 aromatic carbocycles. The number of aliphatic imine (C=N–C) groups is 1. The third-order valence-corrected chi connectivity index (χ3v) is 13.8. The van der Waals surface area contributed by atoms with Gasteiger partial charge in [0, 0.05) is 81.8 Å². The van der Waals surface area contributed by atoms with E-state index in [1.165, 1.54) is 12.1 Å². The Labute approximate surface area is 374 Å². The second kappa shape index (κ2) is 16.9. The first kappa shape index (κ1) is 42.7. The number of carbonyl (C=O) groups is 4. The summed E-state index contributed by atoms with van der Waals surface area (Å²) in [6, 6.07) is 12.2. The minimum atomic E-state index is -1.08. The number of imide groups is 1. The van der Waals surface area contributed by atoms with Crippen LogP contribution in [0.3, 0.4) is 0 Å². The Balaban J connectivity index is 0.826. The lowest BCUT2D eigenvalue weighted by atomic mass is 9.89. The molecule has 6 aliphatic rings. The van der Waals surface area contributed by atoms with Gasteiger partial charge in [-0.3, -0.25) is 34.4 Å². The number of aryl methyl sites for hydroxylation is 2. The van der Waals surface area contributed by atoms with E-state index in [0.29, 0.717) is 107 Å². The summed E-state index contributed by atoms with van der Waals surface area (Å²) in [6.45, 7) is 9.21. The number of pyridine rings is 1. The van der Waals surface area contributed by atoms with Crippen molar-refractivity contribution < 1.29 is 37.4 Å². The van der Waals surface area contributed by atoms with Crippen LogP contribution < -0.4 is 25.2 Å². The fourth-order valence-electron chi connectivity index (χ4n) is 10.2.